The summed E-state index contributed by atoms with van der Waals surface area (Å²) in [6, 6.07) is 14.5. The highest BCUT2D eigenvalue weighted by Gasteiger charge is 2.25. The van der Waals surface area contributed by atoms with Gasteiger partial charge in [-0.3, -0.25) is 4.98 Å². The molecule has 5 rings (SSSR count). The van der Waals surface area contributed by atoms with Crippen molar-refractivity contribution in [2.45, 2.75) is 12.8 Å². The lowest BCUT2D eigenvalue weighted by Gasteiger charge is -2.18. The summed E-state index contributed by atoms with van der Waals surface area (Å²) >= 11 is 6.10. The average molecular weight is 409 g/mol. The van der Waals surface area contributed by atoms with Gasteiger partial charge in [0.15, 0.2) is 0 Å². The summed E-state index contributed by atoms with van der Waals surface area (Å²) in [6.07, 6.45) is 3.68. The monoisotopic (exact) mass is 408 g/mol. The fourth-order valence-corrected chi connectivity index (χ4v) is 4.08. The molecule has 1 atom stereocenters. The molecule has 0 N–H and O–H groups in total. The van der Waals surface area contributed by atoms with Crippen LogP contribution in [0.4, 0.5) is 10.1 Å². The summed E-state index contributed by atoms with van der Waals surface area (Å²) < 4.78 is 18.7. The van der Waals surface area contributed by atoms with E-state index >= 15 is 0 Å². The summed E-state index contributed by atoms with van der Waals surface area (Å²) in [5, 5.41) is 5.43. The number of hydrogen-bond donors (Lipinski definition) is 0. The molecular formula is C22H18ClFN4O. The maximum atomic E-state index is 13.2. The number of fused-ring (bicyclic) bond motifs is 1. The minimum absolute atomic E-state index is 0.271. The largest absolute Gasteiger partial charge is 0.370 e. The second-order valence-electron chi connectivity index (χ2n) is 7.33. The Morgan fingerprint density at radius 3 is 2.97 bits per heavy atom. The predicted molar refractivity (Wildman–Crippen MR) is 110 cm³/mol. The summed E-state index contributed by atoms with van der Waals surface area (Å²) in [7, 11) is 0. The van der Waals surface area contributed by atoms with Crippen LogP contribution in [0.15, 0.2) is 59.3 Å². The normalized spacial score (nSPS) is 16.6. The van der Waals surface area contributed by atoms with Crippen molar-refractivity contribution in [3.8, 4) is 11.4 Å². The van der Waals surface area contributed by atoms with Crippen LogP contribution in [0.2, 0.25) is 5.02 Å². The molecule has 0 radical (unpaired) electrons. The van der Waals surface area contributed by atoms with Gasteiger partial charge in [0, 0.05) is 30.5 Å². The van der Waals surface area contributed by atoms with Crippen LogP contribution in [0.25, 0.3) is 22.3 Å². The van der Waals surface area contributed by atoms with Crippen LogP contribution in [0.5, 0.6) is 0 Å². The van der Waals surface area contributed by atoms with Crippen LogP contribution in [-0.4, -0.2) is 28.2 Å². The zero-order valence-electron chi connectivity index (χ0n) is 15.6. The molecule has 2 aromatic carbocycles. The molecule has 0 unspecified atom stereocenters. The molecule has 0 bridgehead atoms. The molecule has 0 spiro atoms. The highest BCUT2D eigenvalue weighted by molar-refractivity contribution is 6.33. The van der Waals surface area contributed by atoms with E-state index in [-0.39, 0.29) is 5.02 Å². The average Bonchev–Trinajstić information content (AvgIpc) is 3.38. The smallest absolute Gasteiger partial charge is 0.227 e. The number of para-hydroxylation sites is 1. The quantitative estimate of drug-likeness (QED) is 0.467. The Labute approximate surface area is 172 Å². The van der Waals surface area contributed by atoms with Gasteiger partial charge < -0.3 is 9.42 Å². The first kappa shape index (κ1) is 18.1. The number of nitrogens with zero attached hydrogens (tertiary/aromatic N) is 4. The molecule has 7 heteroatoms. The molecule has 3 heterocycles. The van der Waals surface area contributed by atoms with E-state index in [0.717, 1.165) is 36.1 Å². The van der Waals surface area contributed by atoms with Gasteiger partial charge in [-0.1, -0.05) is 35.0 Å². The number of benzene rings is 2. The fourth-order valence-electron chi connectivity index (χ4n) is 3.83. The van der Waals surface area contributed by atoms with Gasteiger partial charge in [-0.2, -0.15) is 4.98 Å². The van der Waals surface area contributed by atoms with Crippen molar-refractivity contribution in [1.29, 1.82) is 0 Å². The third-order valence-corrected chi connectivity index (χ3v) is 5.64. The summed E-state index contributed by atoms with van der Waals surface area (Å²) in [6.45, 7) is 1.88. The lowest BCUT2D eigenvalue weighted by Crippen LogP contribution is -2.20. The van der Waals surface area contributed by atoms with Crippen molar-refractivity contribution >= 4 is 28.2 Å². The highest BCUT2D eigenvalue weighted by Crippen LogP contribution is 2.29. The van der Waals surface area contributed by atoms with E-state index in [1.807, 2.05) is 24.4 Å². The Morgan fingerprint density at radius 1 is 1.17 bits per heavy atom. The zero-order valence-corrected chi connectivity index (χ0v) is 16.3. The van der Waals surface area contributed by atoms with Crippen LogP contribution < -0.4 is 4.90 Å². The van der Waals surface area contributed by atoms with Gasteiger partial charge in [-0.15, -0.1) is 0 Å². The SMILES string of the molecule is Fc1ccc(-c2noc(C[C@@H]3CCN(c4cnc5ccccc5c4)C3)n2)c(Cl)c1. The Hall–Kier alpha value is -2.99. The van der Waals surface area contributed by atoms with E-state index in [1.54, 1.807) is 6.07 Å². The molecule has 5 nitrogen and oxygen atoms in total. The van der Waals surface area contributed by atoms with Crippen molar-refractivity contribution in [3.63, 3.8) is 0 Å². The van der Waals surface area contributed by atoms with E-state index in [0.29, 0.717) is 29.6 Å². The topological polar surface area (TPSA) is 55.1 Å². The van der Waals surface area contributed by atoms with Gasteiger partial charge in [-0.05, 0) is 42.7 Å². The van der Waals surface area contributed by atoms with E-state index in [2.05, 4.69) is 32.2 Å². The van der Waals surface area contributed by atoms with Crippen molar-refractivity contribution in [2.24, 2.45) is 5.92 Å². The molecule has 0 aliphatic carbocycles. The first-order valence-corrected chi connectivity index (χ1v) is 9.91. The second-order valence-corrected chi connectivity index (χ2v) is 7.73. The number of rotatable bonds is 4. The van der Waals surface area contributed by atoms with Gasteiger partial charge in [0.1, 0.15) is 5.82 Å². The van der Waals surface area contributed by atoms with E-state index in [9.17, 15) is 4.39 Å². The fraction of sp³-hybridized carbons (Fsp3) is 0.227. The molecule has 1 saturated heterocycles. The predicted octanol–water partition coefficient (Wildman–Crippen LogP) is 5.15. The first-order chi connectivity index (χ1) is 14.2. The molecule has 146 valence electrons. The molecule has 1 aliphatic heterocycles. The third kappa shape index (κ3) is 3.68. The number of aromatic nitrogens is 3. The van der Waals surface area contributed by atoms with Crippen molar-refractivity contribution in [2.75, 3.05) is 18.0 Å². The number of halogens is 2. The van der Waals surface area contributed by atoms with Crippen LogP contribution in [0.1, 0.15) is 12.3 Å². The van der Waals surface area contributed by atoms with Gasteiger partial charge in [0.05, 0.1) is 22.4 Å². The van der Waals surface area contributed by atoms with Gasteiger partial charge >= 0.3 is 0 Å². The first-order valence-electron chi connectivity index (χ1n) is 9.53. The summed E-state index contributed by atoms with van der Waals surface area (Å²) in [5.41, 5.74) is 2.71. The minimum atomic E-state index is -0.392. The highest BCUT2D eigenvalue weighted by atomic mass is 35.5. The molecule has 2 aromatic heterocycles. The summed E-state index contributed by atoms with van der Waals surface area (Å²) in [5.74, 6) is 0.984. The Morgan fingerprint density at radius 2 is 2.07 bits per heavy atom. The third-order valence-electron chi connectivity index (χ3n) is 5.33. The lowest BCUT2D eigenvalue weighted by molar-refractivity contribution is 0.358. The second kappa shape index (κ2) is 7.44. The van der Waals surface area contributed by atoms with Crippen molar-refractivity contribution in [3.05, 3.63) is 71.5 Å². The lowest BCUT2D eigenvalue weighted by atomic mass is 10.1. The summed E-state index contributed by atoms with van der Waals surface area (Å²) in [4.78, 5) is 11.4. The maximum absolute atomic E-state index is 13.2. The van der Waals surface area contributed by atoms with Crippen molar-refractivity contribution < 1.29 is 8.91 Å². The molecule has 1 aliphatic rings. The van der Waals surface area contributed by atoms with Gasteiger partial charge in [0.2, 0.25) is 11.7 Å². The van der Waals surface area contributed by atoms with Gasteiger partial charge in [0.25, 0.3) is 0 Å². The Bertz CT molecular complexity index is 1180. The van der Waals surface area contributed by atoms with Crippen LogP contribution in [-0.2, 0) is 6.42 Å². The van der Waals surface area contributed by atoms with Gasteiger partial charge in [-0.25, -0.2) is 4.39 Å². The molecule has 4 aromatic rings. The number of hydrogen-bond acceptors (Lipinski definition) is 5. The molecule has 29 heavy (non-hydrogen) atoms. The minimum Gasteiger partial charge on any atom is -0.370 e. The Balaban J connectivity index is 1.28. The molecular weight excluding hydrogens is 391 g/mol. The van der Waals surface area contributed by atoms with Crippen LogP contribution >= 0.6 is 11.6 Å². The van der Waals surface area contributed by atoms with E-state index < -0.39 is 5.82 Å². The van der Waals surface area contributed by atoms with Crippen LogP contribution in [0.3, 0.4) is 0 Å². The molecule has 0 saturated carbocycles. The zero-order chi connectivity index (χ0) is 19.8. The molecule has 0 amide bonds. The Kier molecular flexibility index (Phi) is 4.64. The molecule has 1 fully saturated rings. The number of pyridine rings is 1. The van der Waals surface area contributed by atoms with Crippen molar-refractivity contribution in [1.82, 2.24) is 15.1 Å². The van der Waals surface area contributed by atoms with E-state index in [4.69, 9.17) is 16.1 Å². The standard InChI is InChI=1S/C22H18ClFN4O/c23-19-11-16(24)5-6-18(19)22-26-21(29-27-22)9-14-7-8-28(13-14)17-10-15-3-1-2-4-20(15)25-12-17/h1-6,10-12,14H,7-9,13H2/t14-/m0/s1. The maximum Gasteiger partial charge on any atom is 0.227 e. The van der Waals surface area contributed by atoms with E-state index in [1.165, 1.54) is 12.1 Å². The number of anilines is 1. The van der Waals surface area contributed by atoms with Crippen LogP contribution in [0, 0.1) is 11.7 Å².